The summed E-state index contributed by atoms with van der Waals surface area (Å²) in [5.41, 5.74) is 3.04. The van der Waals surface area contributed by atoms with Gasteiger partial charge in [-0.05, 0) is 36.5 Å². The van der Waals surface area contributed by atoms with Crippen molar-refractivity contribution < 1.29 is 14.6 Å². The molecule has 180 valence electrons. The Morgan fingerprint density at radius 3 is 2.68 bits per heavy atom. The number of pyridine rings is 1. The summed E-state index contributed by atoms with van der Waals surface area (Å²) in [6.45, 7) is 7.11. The molecular formula is C27H32N2O4S. The monoisotopic (exact) mass is 480 g/mol. The normalized spacial score (nSPS) is 14.6. The molecule has 0 saturated carbocycles. The minimum atomic E-state index is -1.19. The first kappa shape index (κ1) is 24.2. The fourth-order valence-corrected chi connectivity index (χ4v) is 5.30. The molecule has 1 aliphatic rings. The molecule has 0 aliphatic carbocycles. The van der Waals surface area contributed by atoms with Gasteiger partial charge in [-0.2, -0.15) is 0 Å². The zero-order chi connectivity index (χ0) is 24.2. The lowest BCUT2D eigenvalue weighted by atomic mass is 9.86. The second-order valence-corrected chi connectivity index (χ2v) is 10.2. The number of unbranched alkanes of at least 4 members (excludes halogenated alkanes) is 4. The van der Waals surface area contributed by atoms with E-state index in [9.17, 15) is 14.7 Å². The molecule has 1 aromatic carbocycles. The SMILES string of the molecule is CCCCCCCOc1cc2c(cc1-c1nccs1)-c1cc(=O)c(C(=O)O)cn1C(C(C)C)C2. The number of fused-ring (bicyclic) bond motifs is 3. The van der Waals surface area contributed by atoms with Crippen LogP contribution in [0.25, 0.3) is 21.8 Å². The van der Waals surface area contributed by atoms with Crippen molar-refractivity contribution >= 4 is 17.3 Å². The molecule has 0 saturated heterocycles. The smallest absolute Gasteiger partial charge is 0.341 e. The van der Waals surface area contributed by atoms with E-state index in [1.807, 2.05) is 9.95 Å². The lowest BCUT2D eigenvalue weighted by Crippen LogP contribution is -2.28. The van der Waals surface area contributed by atoms with Gasteiger partial charge in [-0.3, -0.25) is 4.79 Å². The van der Waals surface area contributed by atoms with Crippen LogP contribution >= 0.6 is 11.3 Å². The van der Waals surface area contributed by atoms with E-state index in [0.717, 1.165) is 52.4 Å². The van der Waals surface area contributed by atoms with Crippen molar-refractivity contribution in [1.82, 2.24) is 9.55 Å². The van der Waals surface area contributed by atoms with Gasteiger partial charge in [-0.1, -0.05) is 46.5 Å². The Labute approximate surface area is 204 Å². The van der Waals surface area contributed by atoms with Crippen LogP contribution in [0.3, 0.4) is 0 Å². The summed E-state index contributed by atoms with van der Waals surface area (Å²) in [4.78, 5) is 28.8. The van der Waals surface area contributed by atoms with E-state index >= 15 is 0 Å². The average molecular weight is 481 g/mol. The van der Waals surface area contributed by atoms with Crippen molar-refractivity contribution in [2.24, 2.45) is 5.92 Å². The Morgan fingerprint density at radius 2 is 2.00 bits per heavy atom. The number of hydrogen-bond acceptors (Lipinski definition) is 5. The third-order valence-electron chi connectivity index (χ3n) is 6.52. The molecule has 3 heterocycles. The Bertz CT molecular complexity index is 1210. The molecule has 0 spiro atoms. The summed E-state index contributed by atoms with van der Waals surface area (Å²) in [5, 5.41) is 12.3. The van der Waals surface area contributed by atoms with Gasteiger partial charge in [0.1, 0.15) is 16.3 Å². The van der Waals surface area contributed by atoms with E-state index in [1.165, 1.54) is 31.5 Å². The van der Waals surface area contributed by atoms with E-state index in [-0.39, 0.29) is 17.5 Å². The van der Waals surface area contributed by atoms with Crippen LogP contribution in [0.5, 0.6) is 5.75 Å². The summed E-state index contributed by atoms with van der Waals surface area (Å²) in [5.74, 6) is -0.109. The number of hydrogen-bond donors (Lipinski definition) is 1. The maximum absolute atomic E-state index is 12.6. The van der Waals surface area contributed by atoms with Gasteiger partial charge in [-0.15, -0.1) is 11.3 Å². The number of benzene rings is 1. The topological polar surface area (TPSA) is 81.4 Å². The molecule has 1 N–H and O–H groups in total. The molecule has 6 nitrogen and oxygen atoms in total. The highest BCUT2D eigenvalue weighted by molar-refractivity contribution is 7.13. The van der Waals surface area contributed by atoms with E-state index in [1.54, 1.807) is 17.5 Å². The molecule has 3 aromatic rings. The molecule has 1 atom stereocenters. The maximum atomic E-state index is 12.6. The summed E-state index contributed by atoms with van der Waals surface area (Å²) >= 11 is 1.55. The minimum Gasteiger partial charge on any atom is -0.493 e. The molecule has 1 aliphatic heterocycles. The number of carboxylic acid groups (broad SMARTS) is 1. The van der Waals surface area contributed by atoms with E-state index in [0.29, 0.717) is 6.61 Å². The number of rotatable bonds is 10. The number of carbonyl (C=O) groups is 1. The van der Waals surface area contributed by atoms with Gasteiger partial charge in [0.15, 0.2) is 5.43 Å². The first-order valence-electron chi connectivity index (χ1n) is 12.1. The number of ether oxygens (including phenoxy) is 1. The molecule has 1 unspecified atom stereocenters. The van der Waals surface area contributed by atoms with Gasteiger partial charge >= 0.3 is 5.97 Å². The summed E-state index contributed by atoms with van der Waals surface area (Å²) in [6.07, 6.45) is 9.90. The van der Waals surface area contributed by atoms with Gasteiger partial charge in [-0.25, -0.2) is 9.78 Å². The summed E-state index contributed by atoms with van der Waals surface area (Å²) in [6, 6.07) is 5.68. The third kappa shape index (κ3) is 4.94. The van der Waals surface area contributed by atoms with Crippen LogP contribution in [-0.2, 0) is 6.42 Å². The second-order valence-electron chi connectivity index (χ2n) is 9.27. The molecule has 0 fully saturated rings. The Hall–Kier alpha value is -2.93. The van der Waals surface area contributed by atoms with Crippen LogP contribution in [0.4, 0.5) is 0 Å². The predicted octanol–water partition coefficient (Wildman–Crippen LogP) is 6.44. The molecular weight excluding hydrogens is 448 g/mol. The zero-order valence-corrected chi connectivity index (χ0v) is 20.9. The fraction of sp³-hybridized carbons (Fsp3) is 0.444. The van der Waals surface area contributed by atoms with Crippen LogP contribution in [0.2, 0.25) is 0 Å². The molecule has 2 aromatic heterocycles. The van der Waals surface area contributed by atoms with Gasteiger partial charge in [0.25, 0.3) is 0 Å². The van der Waals surface area contributed by atoms with Crippen LogP contribution in [0.15, 0.2) is 40.8 Å². The molecule has 0 amide bonds. The molecule has 34 heavy (non-hydrogen) atoms. The van der Waals surface area contributed by atoms with Gasteiger partial charge in [0, 0.05) is 35.4 Å². The molecule has 0 radical (unpaired) electrons. The standard InChI is InChI=1S/C27H32N2O4S/c1-4-5-6-7-8-10-33-25-13-18-12-22(17(2)3)29-16-21(27(31)32)24(30)15-23(29)19(18)14-20(25)26-28-9-11-34-26/h9,11,13-17,22H,4-8,10,12H2,1-3H3,(H,31,32). The number of aromatic carboxylic acids is 1. The van der Waals surface area contributed by atoms with Crippen molar-refractivity contribution in [2.75, 3.05) is 6.61 Å². The molecule has 0 bridgehead atoms. The van der Waals surface area contributed by atoms with Crippen LogP contribution < -0.4 is 10.2 Å². The fourth-order valence-electron chi connectivity index (χ4n) is 4.64. The van der Waals surface area contributed by atoms with E-state index < -0.39 is 11.4 Å². The van der Waals surface area contributed by atoms with Crippen LogP contribution in [0, 0.1) is 5.92 Å². The molecule has 4 rings (SSSR count). The van der Waals surface area contributed by atoms with Gasteiger partial charge in [0.05, 0.1) is 17.9 Å². The van der Waals surface area contributed by atoms with Gasteiger partial charge < -0.3 is 14.4 Å². The summed E-state index contributed by atoms with van der Waals surface area (Å²) in [7, 11) is 0. The van der Waals surface area contributed by atoms with Crippen molar-refractivity contribution in [3.05, 3.63) is 57.3 Å². The van der Waals surface area contributed by atoms with Gasteiger partial charge in [0.2, 0.25) is 0 Å². The lowest BCUT2D eigenvalue weighted by molar-refractivity contribution is 0.0694. The number of nitrogens with zero attached hydrogens (tertiary/aromatic N) is 2. The minimum absolute atomic E-state index is 0.0498. The van der Waals surface area contributed by atoms with Crippen LogP contribution in [-0.4, -0.2) is 27.2 Å². The summed E-state index contributed by atoms with van der Waals surface area (Å²) < 4.78 is 8.26. The first-order chi connectivity index (χ1) is 16.4. The van der Waals surface area contributed by atoms with E-state index in [4.69, 9.17) is 4.74 Å². The Balaban J connectivity index is 1.77. The number of aromatic nitrogens is 2. The van der Waals surface area contributed by atoms with Crippen molar-refractivity contribution in [3.63, 3.8) is 0 Å². The van der Waals surface area contributed by atoms with E-state index in [2.05, 4.69) is 37.9 Å². The third-order valence-corrected chi connectivity index (χ3v) is 7.32. The lowest BCUT2D eigenvalue weighted by Gasteiger charge is -2.34. The van der Waals surface area contributed by atoms with Crippen molar-refractivity contribution in [1.29, 1.82) is 0 Å². The van der Waals surface area contributed by atoms with Crippen molar-refractivity contribution in [2.45, 2.75) is 65.3 Å². The maximum Gasteiger partial charge on any atom is 0.341 e. The quantitative estimate of drug-likeness (QED) is 0.338. The zero-order valence-electron chi connectivity index (χ0n) is 20.0. The van der Waals surface area contributed by atoms with Crippen molar-refractivity contribution in [3.8, 4) is 27.6 Å². The highest BCUT2D eigenvalue weighted by Gasteiger charge is 2.29. The Morgan fingerprint density at radius 1 is 1.21 bits per heavy atom. The first-order valence-corrected chi connectivity index (χ1v) is 13.0. The largest absolute Gasteiger partial charge is 0.493 e. The Kier molecular flexibility index (Phi) is 7.51. The highest BCUT2D eigenvalue weighted by Crippen LogP contribution is 2.43. The van der Waals surface area contributed by atoms with Crippen LogP contribution in [0.1, 0.15) is 74.8 Å². The second kappa shape index (κ2) is 10.6. The number of thiazole rings is 1. The average Bonchev–Trinajstić information content (AvgIpc) is 3.34. The predicted molar refractivity (Wildman–Crippen MR) is 136 cm³/mol. The number of carboxylic acids is 1. The molecule has 7 heteroatoms. The highest BCUT2D eigenvalue weighted by atomic mass is 32.1.